The van der Waals surface area contributed by atoms with Crippen LogP contribution < -0.4 is 4.74 Å². The van der Waals surface area contributed by atoms with Crippen LogP contribution in [0.3, 0.4) is 0 Å². The van der Waals surface area contributed by atoms with Crippen molar-refractivity contribution in [2.24, 2.45) is 0 Å². The number of morpholine rings is 1. The van der Waals surface area contributed by atoms with Gasteiger partial charge in [0.2, 0.25) is 0 Å². The molecule has 0 N–H and O–H groups in total. The maximum absolute atomic E-state index is 12.4. The lowest BCUT2D eigenvalue weighted by Crippen LogP contribution is -2.39. The lowest BCUT2D eigenvalue weighted by Gasteiger charge is -2.26. The molecule has 0 bridgehead atoms. The van der Waals surface area contributed by atoms with E-state index in [1.54, 1.807) is 0 Å². The molecule has 19 heavy (non-hydrogen) atoms. The SMILES string of the molecule is CCOc1ccc(Br)cc1C(=O)CN1CCOCC1. The second kappa shape index (κ2) is 7.03. The summed E-state index contributed by atoms with van der Waals surface area (Å²) in [5, 5.41) is 0. The first-order valence-electron chi connectivity index (χ1n) is 6.46. The fraction of sp³-hybridized carbons (Fsp3) is 0.500. The molecule has 1 fully saturated rings. The molecule has 0 unspecified atom stereocenters. The molecule has 1 aromatic rings. The molecule has 1 aliphatic heterocycles. The van der Waals surface area contributed by atoms with Crippen LogP contribution >= 0.6 is 15.9 Å². The molecule has 0 radical (unpaired) electrons. The summed E-state index contributed by atoms with van der Waals surface area (Å²) in [4.78, 5) is 14.5. The van der Waals surface area contributed by atoms with Gasteiger partial charge in [0.05, 0.1) is 31.9 Å². The molecule has 1 heterocycles. The summed E-state index contributed by atoms with van der Waals surface area (Å²) in [5.74, 6) is 0.746. The average molecular weight is 328 g/mol. The van der Waals surface area contributed by atoms with Crippen LogP contribution in [0, 0.1) is 0 Å². The minimum absolute atomic E-state index is 0.0895. The molecule has 1 saturated heterocycles. The highest BCUT2D eigenvalue weighted by Gasteiger charge is 2.18. The molecule has 2 rings (SSSR count). The second-order valence-electron chi connectivity index (χ2n) is 4.39. The third-order valence-electron chi connectivity index (χ3n) is 3.01. The number of ketones is 1. The zero-order valence-electron chi connectivity index (χ0n) is 11.0. The zero-order valence-corrected chi connectivity index (χ0v) is 12.6. The second-order valence-corrected chi connectivity index (χ2v) is 5.30. The molecule has 1 aromatic carbocycles. The fourth-order valence-corrected chi connectivity index (χ4v) is 2.41. The van der Waals surface area contributed by atoms with Gasteiger partial charge in [-0.05, 0) is 25.1 Å². The number of hydrogen-bond acceptors (Lipinski definition) is 4. The van der Waals surface area contributed by atoms with E-state index in [0.29, 0.717) is 37.7 Å². The lowest BCUT2D eigenvalue weighted by molar-refractivity contribution is 0.0370. The van der Waals surface area contributed by atoms with Gasteiger partial charge < -0.3 is 9.47 Å². The predicted molar refractivity (Wildman–Crippen MR) is 76.9 cm³/mol. The van der Waals surface area contributed by atoms with Crippen LogP contribution in [0.15, 0.2) is 22.7 Å². The van der Waals surface area contributed by atoms with E-state index in [-0.39, 0.29) is 5.78 Å². The van der Waals surface area contributed by atoms with Gasteiger partial charge in [0, 0.05) is 17.6 Å². The van der Waals surface area contributed by atoms with E-state index in [1.165, 1.54) is 0 Å². The molecular weight excluding hydrogens is 310 g/mol. The van der Waals surface area contributed by atoms with Crippen LogP contribution in [-0.2, 0) is 4.74 Å². The topological polar surface area (TPSA) is 38.8 Å². The van der Waals surface area contributed by atoms with Crippen LogP contribution in [0.5, 0.6) is 5.75 Å². The molecule has 0 spiro atoms. The van der Waals surface area contributed by atoms with E-state index in [0.717, 1.165) is 17.6 Å². The molecule has 0 atom stereocenters. The van der Waals surface area contributed by atoms with Gasteiger partial charge in [0.25, 0.3) is 0 Å². The number of benzene rings is 1. The van der Waals surface area contributed by atoms with Crippen molar-refractivity contribution in [2.45, 2.75) is 6.92 Å². The van der Waals surface area contributed by atoms with Crippen LogP contribution in [-0.4, -0.2) is 50.1 Å². The Bertz CT molecular complexity index is 444. The smallest absolute Gasteiger partial charge is 0.180 e. The van der Waals surface area contributed by atoms with Gasteiger partial charge in [-0.3, -0.25) is 9.69 Å². The number of ether oxygens (including phenoxy) is 2. The third-order valence-corrected chi connectivity index (χ3v) is 3.51. The normalized spacial score (nSPS) is 16.3. The van der Waals surface area contributed by atoms with Crippen molar-refractivity contribution in [1.29, 1.82) is 0 Å². The molecule has 0 aliphatic carbocycles. The number of nitrogens with zero attached hydrogens (tertiary/aromatic N) is 1. The molecule has 5 heteroatoms. The first kappa shape index (κ1) is 14.5. The van der Waals surface area contributed by atoms with Gasteiger partial charge in [0.15, 0.2) is 5.78 Å². The molecular formula is C14H18BrNO3. The standard InChI is InChI=1S/C14H18BrNO3/c1-2-19-14-4-3-11(15)9-12(14)13(17)10-16-5-7-18-8-6-16/h3-4,9H,2,5-8,10H2,1H3. The Kier molecular flexibility index (Phi) is 5.36. The lowest BCUT2D eigenvalue weighted by atomic mass is 10.1. The average Bonchev–Trinajstić information content (AvgIpc) is 2.42. The van der Waals surface area contributed by atoms with Crippen molar-refractivity contribution in [2.75, 3.05) is 39.5 Å². The highest BCUT2D eigenvalue weighted by Crippen LogP contribution is 2.24. The van der Waals surface area contributed by atoms with Crippen LogP contribution in [0.1, 0.15) is 17.3 Å². The van der Waals surface area contributed by atoms with Crippen molar-refractivity contribution in [1.82, 2.24) is 4.90 Å². The van der Waals surface area contributed by atoms with Crippen molar-refractivity contribution < 1.29 is 14.3 Å². The van der Waals surface area contributed by atoms with E-state index in [1.807, 2.05) is 25.1 Å². The highest BCUT2D eigenvalue weighted by atomic mass is 79.9. The summed E-state index contributed by atoms with van der Waals surface area (Å²) < 4.78 is 11.7. The summed E-state index contributed by atoms with van der Waals surface area (Å²) in [7, 11) is 0. The Balaban J connectivity index is 2.10. The Labute approximate surface area is 121 Å². The van der Waals surface area contributed by atoms with Crippen LogP contribution in [0.2, 0.25) is 0 Å². The Morgan fingerprint density at radius 2 is 2.16 bits per heavy atom. The van der Waals surface area contributed by atoms with Crippen LogP contribution in [0.4, 0.5) is 0 Å². The third kappa shape index (κ3) is 4.03. The predicted octanol–water partition coefficient (Wildman–Crippen LogP) is 2.36. The number of Topliss-reactive ketones (excluding diaryl/α,β-unsaturated/α-hetero) is 1. The molecule has 0 saturated carbocycles. The first-order chi connectivity index (χ1) is 9.20. The highest BCUT2D eigenvalue weighted by molar-refractivity contribution is 9.10. The summed E-state index contributed by atoms with van der Waals surface area (Å²) in [6.07, 6.45) is 0. The molecule has 104 valence electrons. The van der Waals surface area contributed by atoms with E-state index in [2.05, 4.69) is 20.8 Å². The largest absolute Gasteiger partial charge is 0.493 e. The minimum atomic E-state index is 0.0895. The van der Waals surface area contributed by atoms with Gasteiger partial charge in [-0.2, -0.15) is 0 Å². The van der Waals surface area contributed by atoms with Crippen molar-refractivity contribution in [3.8, 4) is 5.75 Å². The monoisotopic (exact) mass is 327 g/mol. The summed E-state index contributed by atoms with van der Waals surface area (Å²) in [6.45, 7) is 5.90. The number of rotatable bonds is 5. The maximum atomic E-state index is 12.4. The fourth-order valence-electron chi connectivity index (χ4n) is 2.05. The quantitative estimate of drug-likeness (QED) is 0.778. The van der Waals surface area contributed by atoms with E-state index >= 15 is 0 Å². The Morgan fingerprint density at radius 3 is 2.84 bits per heavy atom. The number of carbonyl (C=O) groups is 1. The Morgan fingerprint density at radius 1 is 1.42 bits per heavy atom. The maximum Gasteiger partial charge on any atom is 0.180 e. The van der Waals surface area contributed by atoms with Gasteiger partial charge >= 0.3 is 0 Å². The summed E-state index contributed by atoms with van der Waals surface area (Å²) in [5.41, 5.74) is 0.641. The Hall–Kier alpha value is -0.910. The summed E-state index contributed by atoms with van der Waals surface area (Å²) >= 11 is 3.40. The van der Waals surface area contributed by atoms with Gasteiger partial charge in [-0.15, -0.1) is 0 Å². The number of hydrogen-bond donors (Lipinski definition) is 0. The van der Waals surface area contributed by atoms with E-state index < -0.39 is 0 Å². The van der Waals surface area contributed by atoms with Gasteiger partial charge in [-0.25, -0.2) is 0 Å². The molecule has 0 aromatic heterocycles. The van der Waals surface area contributed by atoms with Gasteiger partial charge in [0.1, 0.15) is 5.75 Å². The first-order valence-corrected chi connectivity index (χ1v) is 7.25. The summed E-state index contributed by atoms with van der Waals surface area (Å²) in [6, 6.07) is 5.55. The zero-order chi connectivity index (χ0) is 13.7. The van der Waals surface area contributed by atoms with Gasteiger partial charge in [-0.1, -0.05) is 15.9 Å². The van der Waals surface area contributed by atoms with E-state index in [4.69, 9.17) is 9.47 Å². The number of halogens is 1. The molecule has 1 aliphatic rings. The number of carbonyl (C=O) groups excluding carboxylic acids is 1. The van der Waals surface area contributed by atoms with Crippen LogP contribution in [0.25, 0.3) is 0 Å². The van der Waals surface area contributed by atoms with Crippen molar-refractivity contribution in [3.63, 3.8) is 0 Å². The molecule has 4 nitrogen and oxygen atoms in total. The van der Waals surface area contributed by atoms with Crippen molar-refractivity contribution >= 4 is 21.7 Å². The van der Waals surface area contributed by atoms with E-state index in [9.17, 15) is 4.79 Å². The molecule has 0 amide bonds. The van der Waals surface area contributed by atoms with Crippen molar-refractivity contribution in [3.05, 3.63) is 28.2 Å². The minimum Gasteiger partial charge on any atom is -0.493 e.